The molecule has 1 saturated heterocycles. The van der Waals surface area contributed by atoms with E-state index in [1.807, 2.05) is 11.8 Å². The summed E-state index contributed by atoms with van der Waals surface area (Å²) in [5, 5.41) is 3.80. The van der Waals surface area contributed by atoms with Gasteiger partial charge in [-0.3, -0.25) is 4.79 Å². The molecule has 5 nitrogen and oxygen atoms in total. The number of nitrogens with zero attached hydrogens (tertiary/aromatic N) is 1. The van der Waals surface area contributed by atoms with Gasteiger partial charge in [0.05, 0.1) is 6.54 Å². The lowest BCUT2D eigenvalue weighted by Crippen LogP contribution is -2.40. The van der Waals surface area contributed by atoms with E-state index in [0.29, 0.717) is 6.04 Å². The predicted octanol–water partition coefficient (Wildman–Crippen LogP) is 4.23. The Kier molecular flexibility index (Phi) is 9.25. The minimum Gasteiger partial charge on any atom is -0.461 e. The Bertz CT molecular complexity index is 823. The van der Waals surface area contributed by atoms with Crippen LogP contribution in [-0.2, 0) is 9.53 Å². The molecule has 3 N–H and O–H groups in total. The van der Waals surface area contributed by atoms with Gasteiger partial charge in [-0.1, -0.05) is 35.9 Å². The molecule has 2 aromatic rings. The standard InChI is InChI=1S/C25H35N3O2S/c1-19-8-9-24(20(2)16-19)27-21(18-31-23-6-4-3-5-7-23)10-13-28-14-11-22(12-15-28)30-25(29)17-26/h3-9,16,21-22,27H,10-15,17-18,26H2,1-2H3/t21-/m1/s1. The van der Waals surface area contributed by atoms with Gasteiger partial charge in [0.15, 0.2) is 0 Å². The van der Waals surface area contributed by atoms with Crippen molar-refractivity contribution >= 4 is 23.4 Å². The Morgan fingerprint density at radius 1 is 1.19 bits per heavy atom. The van der Waals surface area contributed by atoms with Gasteiger partial charge in [-0.15, -0.1) is 11.8 Å². The average Bonchev–Trinajstić information content (AvgIpc) is 2.78. The first kappa shape index (κ1) is 23.6. The van der Waals surface area contributed by atoms with Crippen molar-refractivity contribution in [3.8, 4) is 0 Å². The number of nitrogens with one attached hydrogen (secondary N) is 1. The van der Waals surface area contributed by atoms with E-state index in [2.05, 4.69) is 72.6 Å². The Morgan fingerprint density at radius 3 is 2.61 bits per heavy atom. The molecule has 3 rings (SSSR count). The van der Waals surface area contributed by atoms with Crippen LogP contribution >= 0.6 is 11.8 Å². The SMILES string of the molecule is Cc1ccc(N[C@H](CCN2CCC(OC(=O)CN)CC2)CSc2ccccc2)c(C)c1. The van der Waals surface area contributed by atoms with Crippen LogP contribution in [0.2, 0.25) is 0 Å². The van der Waals surface area contributed by atoms with Crippen molar-refractivity contribution in [1.29, 1.82) is 0 Å². The molecule has 0 radical (unpaired) electrons. The highest BCUT2D eigenvalue weighted by atomic mass is 32.2. The molecule has 1 aliphatic rings. The van der Waals surface area contributed by atoms with Crippen LogP contribution in [0.4, 0.5) is 5.69 Å². The molecule has 2 aromatic carbocycles. The van der Waals surface area contributed by atoms with Gasteiger partial charge in [-0.05, 0) is 56.9 Å². The first-order valence-corrected chi connectivity index (χ1v) is 12.2. The molecule has 1 heterocycles. The van der Waals surface area contributed by atoms with Crippen molar-refractivity contribution < 1.29 is 9.53 Å². The molecule has 0 saturated carbocycles. The summed E-state index contributed by atoms with van der Waals surface area (Å²) in [6, 6.07) is 17.6. The molecule has 0 aromatic heterocycles. The van der Waals surface area contributed by atoms with E-state index in [1.54, 1.807) is 0 Å². The highest BCUT2D eigenvalue weighted by Gasteiger charge is 2.22. The van der Waals surface area contributed by atoms with Crippen molar-refractivity contribution in [3.05, 3.63) is 59.7 Å². The van der Waals surface area contributed by atoms with Crippen LogP contribution in [0.25, 0.3) is 0 Å². The summed E-state index contributed by atoms with van der Waals surface area (Å²) in [5.74, 6) is 0.719. The zero-order valence-electron chi connectivity index (χ0n) is 18.7. The molecule has 0 bridgehead atoms. The lowest BCUT2D eigenvalue weighted by atomic mass is 10.1. The number of nitrogens with two attached hydrogens (primary N) is 1. The molecule has 31 heavy (non-hydrogen) atoms. The van der Waals surface area contributed by atoms with E-state index >= 15 is 0 Å². The molecule has 1 fully saturated rings. The molecular weight excluding hydrogens is 406 g/mol. The number of rotatable bonds is 10. The van der Waals surface area contributed by atoms with Crippen molar-refractivity contribution in [1.82, 2.24) is 4.90 Å². The molecule has 0 unspecified atom stereocenters. The van der Waals surface area contributed by atoms with Crippen molar-refractivity contribution in [3.63, 3.8) is 0 Å². The number of benzene rings is 2. The van der Waals surface area contributed by atoms with Gasteiger partial charge in [0.25, 0.3) is 0 Å². The third kappa shape index (κ3) is 7.87. The molecular formula is C25H35N3O2S. The first-order valence-electron chi connectivity index (χ1n) is 11.2. The number of carbonyl (C=O) groups excluding carboxylic acids is 1. The van der Waals surface area contributed by atoms with Crippen molar-refractivity contribution in [2.24, 2.45) is 5.73 Å². The van der Waals surface area contributed by atoms with Crippen LogP contribution in [0.5, 0.6) is 0 Å². The summed E-state index contributed by atoms with van der Waals surface area (Å²) in [6.07, 6.45) is 2.87. The maximum atomic E-state index is 11.4. The summed E-state index contributed by atoms with van der Waals surface area (Å²) >= 11 is 1.90. The number of likely N-dealkylation sites (tertiary alicyclic amines) is 1. The van der Waals surface area contributed by atoms with Crippen LogP contribution in [0, 0.1) is 13.8 Å². The number of ether oxygens (including phenoxy) is 1. The summed E-state index contributed by atoms with van der Waals surface area (Å²) in [4.78, 5) is 15.2. The molecule has 0 aliphatic carbocycles. The minimum atomic E-state index is -0.297. The summed E-state index contributed by atoms with van der Waals surface area (Å²) < 4.78 is 5.40. The normalized spacial score (nSPS) is 16.1. The fraction of sp³-hybridized carbons (Fsp3) is 0.480. The number of carbonyl (C=O) groups is 1. The molecule has 6 heteroatoms. The fourth-order valence-electron chi connectivity index (χ4n) is 3.93. The third-order valence-corrected chi connectivity index (χ3v) is 6.90. The molecule has 1 aliphatic heterocycles. The smallest absolute Gasteiger partial charge is 0.319 e. The Hall–Kier alpha value is -2.02. The van der Waals surface area contributed by atoms with E-state index in [9.17, 15) is 4.79 Å². The summed E-state index contributed by atoms with van der Waals surface area (Å²) in [7, 11) is 0. The zero-order chi connectivity index (χ0) is 22.1. The lowest BCUT2D eigenvalue weighted by molar-refractivity contribution is -0.149. The van der Waals surface area contributed by atoms with Gasteiger partial charge in [0.2, 0.25) is 0 Å². The van der Waals surface area contributed by atoms with E-state index < -0.39 is 0 Å². The van der Waals surface area contributed by atoms with E-state index in [0.717, 1.165) is 44.6 Å². The van der Waals surface area contributed by atoms with Gasteiger partial charge in [-0.25, -0.2) is 0 Å². The second kappa shape index (κ2) is 12.1. The number of anilines is 1. The van der Waals surface area contributed by atoms with Gasteiger partial charge in [0.1, 0.15) is 6.10 Å². The highest BCUT2D eigenvalue weighted by molar-refractivity contribution is 7.99. The van der Waals surface area contributed by atoms with Gasteiger partial charge in [-0.2, -0.15) is 0 Å². The van der Waals surface area contributed by atoms with Crippen LogP contribution in [0.15, 0.2) is 53.4 Å². The van der Waals surface area contributed by atoms with Gasteiger partial charge in [0, 0.05) is 42.0 Å². The van der Waals surface area contributed by atoms with Crippen molar-refractivity contribution in [2.45, 2.75) is 50.2 Å². The highest BCUT2D eigenvalue weighted by Crippen LogP contribution is 2.24. The third-order valence-electron chi connectivity index (χ3n) is 5.73. The Morgan fingerprint density at radius 2 is 1.94 bits per heavy atom. The van der Waals surface area contributed by atoms with Crippen LogP contribution in [-0.4, -0.2) is 54.9 Å². The van der Waals surface area contributed by atoms with Crippen LogP contribution in [0.1, 0.15) is 30.4 Å². The minimum absolute atomic E-state index is 0.0186. The number of aryl methyl sites for hydroxylation is 2. The maximum Gasteiger partial charge on any atom is 0.319 e. The quantitative estimate of drug-likeness (QED) is 0.425. The summed E-state index contributed by atoms with van der Waals surface area (Å²) in [5.41, 5.74) is 9.15. The van der Waals surface area contributed by atoms with E-state index in [-0.39, 0.29) is 18.6 Å². The van der Waals surface area contributed by atoms with Gasteiger partial charge < -0.3 is 20.7 Å². The number of hydrogen-bond acceptors (Lipinski definition) is 6. The second-order valence-electron chi connectivity index (χ2n) is 8.31. The predicted molar refractivity (Wildman–Crippen MR) is 130 cm³/mol. The molecule has 0 amide bonds. The molecule has 0 spiro atoms. The number of esters is 1. The largest absolute Gasteiger partial charge is 0.461 e. The maximum absolute atomic E-state index is 11.4. The number of hydrogen-bond donors (Lipinski definition) is 2. The number of thioether (sulfide) groups is 1. The number of piperidine rings is 1. The Balaban J connectivity index is 1.54. The van der Waals surface area contributed by atoms with E-state index in [4.69, 9.17) is 10.5 Å². The topological polar surface area (TPSA) is 67.6 Å². The first-order chi connectivity index (χ1) is 15.0. The summed E-state index contributed by atoms with van der Waals surface area (Å²) in [6.45, 7) is 7.23. The van der Waals surface area contributed by atoms with Gasteiger partial charge >= 0.3 is 5.97 Å². The zero-order valence-corrected chi connectivity index (χ0v) is 19.5. The Labute approximate surface area is 190 Å². The monoisotopic (exact) mass is 441 g/mol. The second-order valence-corrected chi connectivity index (χ2v) is 9.40. The van der Waals surface area contributed by atoms with Crippen LogP contribution < -0.4 is 11.1 Å². The molecule has 1 atom stereocenters. The van der Waals surface area contributed by atoms with E-state index in [1.165, 1.54) is 21.7 Å². The van der Waals surface area contributed by atoms with Crippen LogP contribution in [0.3, 0.4) is 0 Å². The lowest BCUT2D eigenvalue weighted by Gasteiger charge is -2.32. The van der Waals surface area contributed by atoms with Crippen molar-refractivity contribution in [2.75, 3.05) is 37.2 Å². The molecule has 168 valence electrons. The fourth-order valence-corrected chi connectivity index (χ4v) is 4.92. The average molecular weight is 442 g/mol.